The van der Waals surface area contributed by atoms with Gasteiger partial charge in [-0.3, -0.25) is 9.59 Å². The molecular formula is C42H59ClN4O7SSi. The van der Waals surface area contributed by atoms with Crippen molar-refractivity contribution in [3.05, 3.63) is 70.3 Å². The van der Waals surface area contributed by atoms with E-state index in [-0.39, 0.29) is 40.0 Å². The summed E-state index contributed by atoms with van der Waals surface area (Å²) in [6.45, 7) is 13.7. The van der Waals surface area contributed by atoms with Crippen molar-refractivity contribution >= 4 is 47.6 Å². The number of carbonyl (C=O) groups excluding carboxylic acids is 2. The first-order valence-electron chi connectivity index (χ1n) is 20.2. The van der Waals surface area contributed by atoms with E-state index in [1.807, 2.05) is 10.8 Å². The summed E-state index contributed by atoms with van der Waals surface area (Å²) in [5, 5.41) is 13.2. The molecule has 11 nitrogen and oxygen atoms in total. The molecule has 1 saturated heterocycles. The fourth-order valence-corrected chi connectivity index (χ4v) is 11.1. The molecule has 7 rings (SSSR count). The number of nitrogens with zero attached hydrogens (tertiary/aromatic N) is 3. The average Bonchev–Trinajstić information content (AvgIpc) is 3.23. The molecular weight excluding hydrogens is 768 g/mol. The minimum Gasteiger partial charge on any atom is -0.490 e. The van der Waals surface area contributed by atoms with Crippen LogP contribution in [0.15, 0.2) is 48.6 Å². The van der Waals surface area contributed by atoms with Crippen LogP contribution in [-0.4, -0.2) is 95.3 Å². The summed E-state index contributed by atoms with van der Waals surface area (Å²) in [6.07, 6.45) is 9.99. The highest BCUT2D eigenvalue weighted by molar-refractivity contribution is 7.87. The molecule has 1 saturated carbocycles. The van der Waals surface area contributed by atoms with E-state index in [0.717, 1.165) is 42.8 Å². The molecule has 2 amide bonds. The predicted molar refractivity (Wildman–Crippen MR) is 222 cm³/mol. The molecule has 14 heteroatoms. The molecule has 2 aromatic rings. The van der Waals surface area contributed by atoms with Crippen LogP contribution in [-0.2, 0) is 41.7 Å². The zero-order valence-electron chi connectivity index (χ0n) is 33.9. The molecule has 56 heavy (non-hydrogen) atoms. The van der Waals surface area contributed by atoms with Gasteiger partial charge in [-0.25, -0.2) is 4.72 Å². The zero-order chi connectivity index (χ0) is 40.4. The van der Waals surface area contributed by atoms with Crippen molar-refractivity contribution in [3.63, 3.8) is 0 Å². The third kappa shape index (κ3) is 7.68. The summed E-state index contributed by atoms with van der Waals surface area (Å²) < 4.78 is 42.8. The molecule has 2 fully saturated rings. The number of aryl methyl sites for hydroxylation is 1. The molecule has 0 aromatic heterocycles. The fraction of sp³-hybridized carbons (Fsp3) is 0.619. The molecule has 2 bridgehead atoms. The number of benzene rings is 2. The maximum Gasteiger partial charge on any atom is 0.303 e. The lowest BCUT2D eigenvalue weighted by molar-refractivity contribution is -0.153. The van der Waals surface area contributed by atoms with Gasteiger partial charge in [0.05, 0.1) is 24.8 Å². The summed E-state index contributed by atoms with van der Waals surface area (Å²) in [5.74, 6) is -0.436. The molecule has 0 radical (unpaired) electrons. The predicted octanol–water partition coefficient (Wildman–Crippen LogP) is 6.29. The number of halogens is 1. The molecule has 3 aliphatic heterocycles. The topological polar surface area (TPSA) is 129 Å². The Morgan fingerprint density at radius 3 is 2.55 bits per heavy atom. The Kier molecular flexibility index (Phi) is 11.1. The number of amides is 2. The number of hydrogen-bond acceptors (Lipinski definition) is 8. The van der Waals surface area contributed by atoms with E-state index in [1.165, 1.54) is 25.2 Å². The Bertz CT molecular complexity index is 2000. The van der Waals surface area contributed by atoms with Crippen molar-refractivity contribution in [1.29, 1.82) is 0 Å². The van der Waals surface area contributed by atoms with Crippen LogP contribution in [0.2, 0.25) is 23.2 Å². The van der Waals surface area contributed by atoms with Crippen molar-refractivity contribution in [1.82, 2.24) is 13.9 Å². The molecule has 1 unspecified atom stereocenters. The van der Waals surface area contributed by atoms with E-state index in [1.54, 1.807) is 23.1 Å². The Balaban J connectivity index is 1.35. The smallest absolute Gasteiger partial charge is 0.303 e. The van der Waals surface area contributed by atoms with Gasteiger partial charge in [0.25, 0.3) is 5.91 Å². The third-order valence-electron chi connectivity index (χ3n) is 13.8. The van der Waals surface area contributed by atoms with Gasteiger partial charge in [0, 0.05) is 50.2 Å². The van der Waals surface area contributed by atoms with Gasteiger partial charge >= 0.3 is 10.2 Å². The Hall–Kier alpha value is -2.94. The van der Waals surface area contributed by atoms with Crippen LogP contribution in [0.1, 0.15) is 82.4 Å². The summed E-state index contributed by atoms with van der Waals surface area (Å²) in [4.78, 5) is 32.2. The summed E-state index contributed by atoms with van der Waals surface area (Å²) in [6, 6.07) is 11.1. The van der Waals surface area contributed by atoms with Gasteiger partial charge in [0.1, 0.15) is 5.75 Å². The van der Waals surface area contributed by atoms with Gasteiger partial charge in [-0.1, -0.05) is 56.7 Å². The van der Waals surface area contributed by atoms with Gasteiger partial charge in [-0.15, -0.1) is 0 Å². The minimum absolute atomic E-state index is 0.0304. The van der Waals surface area contributed by atoms with Crippen LogP contribution in [0.3, 0.4) is 0 Å². The van der Waals surface area contributed by atoms with E-state index in [0.29, 0.717) is 49.1 Å². The van der Waals surface area contributed by atoms with Crippen LogP contribution >= 0.6 is 11.6 Å². The Morgan fingerprint density at radius 1 is 1.12 bits per heavy atom. The van der Waals surface area contributed by atoms with Crippen molar-refractivity contribution < 1.29 is 32.3 Å². The number of aliphatic hydroxyl groups is 1. The van der Waals surface area contributed by atoms with Gasteiger partial charge in [0.2, 0.25) is 5.91 Å². The first kappa shape index (κ1) is 41.2. The molecule has 3 heterocycles. The standard InChI is InChI=1S/C42H59ClN4O7SSi/c1-40(2,3)56(6,7)54-36-12-8-11-32-19-21-47(32)38(48)24-42(50,39(49)44-55(51,52)45(4)5)30-14-18-37-35(23-30)46(25-29-13-16-33(29)36)26-41(27-53-37)20-9-10-28-22-31(43)15-17-34(28)41/h8,12,14-15,17-18,22-23,29,32-33,36,50H,9-11,13,16,19-21,24-27H2,1-7H3,(H,44,49)/b12-8+/t29-,32-,33+,36?,41-,42+/m0/s1. The molecule has 1 spiro atoms. The van der Waals surface area contributed by atoms with Gasteiger partial charge in [-0.05, 0) is 116 Å². The normalized spacial score (nSPS) is 30.2. The van der Waals surface area contributed by atoms with Gasteiger partial charge < -0.3 is 24.1 Å². The van der Waals surface area contributed by atoms with E-state index in [4.69, 9.17) is 20.8 Å². The molecule has 2 aliphatic carbocycles. The molecule has 5 aliphatic rings. The number of carbonyl (C=O) groups is 2. The lowest BCUT2D eigenvalue weighted by Gasteiger charge is -2.48. The number of rotatable bonds is 5. The highest BCUT2D eigenvalue weighted by Gasteiger charge is 2.49. The van der Waals surface area contributed by atoms with Gasteiger partial charge in [0.15, 0.2) is 13.9 Å². The maximum absolute atomic E-state index is 14.1. The second kappa shape index (κ2) is 15.0. The van der Waals surface area contributed by atoms with E-state index >= 15 is 0 Å². The van der Waals surface area contributed by atoms with E-state index in [9.17, 15) is 23.1 Å². The summed E-state index contributed by atoms with van der Waals surface area (Å²) >= 11 is 6.51. The van der Waals surface area contributed by atoms with Gasteiger partial charge in [-0.2, -0.15) is 12.7 Å². The monoisotopic (exact) mass is 826 g/mol. The number of hydrogen-bond donors (Lipinski definition) is 2. The molecule has 6 atom stereocenters. The zero-order valence-corrected chi connectivity index (χ0v) is 36.5. The van der Waals surface area contributed by atoms with E-state index in [2.05, 4.69) is 63.0 Å². The van der Waals surface area contributed by atoms with E-state index < -0.39 is 42.4 Å². The van der Waals surface area contributed by atoms with Crippen LogP contribution in [0.5, 0.6) is 5.75 Å². The lowest BCUT2D eigenvalue weighted by Crippen LogP contribution is -2.56. The Labute approximate surface area is 339 Å². The van der Waals surface area contributed by atoms with Crippen molar-refractivity contribution in [2.24, 2.45) is 11.8 Å². The molecule has 2 N–H and O–H groups in total. The molecule has 306 valence electrons. The lowest BCUT2D eigenvalue weighted by atomic mass is 9.68. The Morgan fingerprint density at radius 2 is 1.89 bits per heavy atom. The van der Waals surface area contributed by atoms with Crippen molar-refractivity contribution in [3.8, 4) is 5.75 Å². The van der Waals surface area contributed by atoms with Crippen LogP contribution in [0.25, 0.3) is 0 Å². The van der Waals surface area contributed by atoms with Crippen LogP contribution in [0.4, 0.5) is 5.69 Å². The van der Waals surface area contributed by atoms with Crippen LogP contribution in [0, 0.1) is 11.8 Å². The van der Waals surface area contributed by atoms with Crippen molar-refractivity contribution in [2.75, 3.05) is 45.2 Å². The highest BCUT2D eigenvalue weighted by Crippen LogP contribution is 2.49. The first-order chi connectivity index (χ1) is 26.2. The average molecular weight is 828 g/mol. The number of ether oxygens (including phenoxy) is 1. The molecule has 2 aromatic carbocycles. The number of fused-ring (bicyclic) bond motifs is 5. The second-order valence-corrected chi connectivity index (χ2v) is 25.7. The van der Waals surface area contributed by atoms with Crippen LogP contribution < -0.4 is 14.4 Å². The minimum atomic E-state index is -4.29. The number of anilines is 1. The highest BCUT2D eigenvalue weighted by atomic mass is 35.5. The number of nitrogens with one attached hydrogen (secondary N) is 1. The SMILES string of the molecule is CN(C)S(=O)(=O)NC(=O)[C@@]1(O)CC(=O)N2CC[C@@H]2C/C=C/C(O[Si](C)(C)C(C)(C)C)[C@@H]2CC[C@H]2CN2C[C@@]3(CCCc4cc(Cl)ccc43)COc3ccc1cc32. The third-order valence-corrected chi connectivity index (χ3v) is 19.9. The quantitative estimate of drug-likeness (QED) is 0.266. The fourth-order valence-electron chi connectivity index (χ4n) is 9.01. The summed E-state index contributed by atoms with van der Waals surface area (Å²) in [7, 11) is -3.86. The summed E-state index contributed by atoms with van der Waals surface area (Å²) in [5.41, 5.74) is 0.424. The second-order valence-electron chi connectivity index (χ2n) is 18.6. The largest absolute Gasteiger partial charge is 0.490 e. The maximum atomic E-state index is 14.1. The van der Waals surface area contributed by atoms with Crippen molar-refractivity contribution in [2.45, 2.75) is 113 Å². The first-order valence-corrected chi connectivity index (χ1v) is 24.9.